The van der Waals surface area contributed by atoms with Crippen LogP contribution in [0.4, 0.5) is 0 Å². The van der Waals surface area contributed by atoms with Crippen LogP contribution in [0.25, 0.3) is 0 Å². The summed E-state index contributed by atoms with van der Waals surface area (Å²) in [7, 11) is 0. The van der Waals surface area contributed by atoms with Crippen LogP contribution in [-0.4, -0.2) is 24.6 Å². The van der Waals surface area contributed by atoms with Gasteiger partial charge < -0.3 is 0 Å². The lowest BCUT2D eigenvalue weighted by Crippen LogP contribution is -2.24. The smallest absolute Gasteiger partial charge is 0.0325 e. The zero-order valence-corrected chi connectivity index (χ0v) is 5.01. The summed E-state index contributed by atoms with van der Waals surface area (Å²) in [6, 6.07) is 0. The Kier molecular flexibility index (Phi) is 2.06. The third-order valence-corrected chi connectivity index (χ3v) is 1.21. The van der Waals surface area contributed by atoms with Crippen LogP contribution in [0.2, 0.25) is 0 Å². The molecule has 0 aliphatic carbocycles. The van der Waals surface area contributed by atoms with Gasteiger partial charge in [0.1, 0.15) is 0 Å². The molecule has 0 aromatic rings. The lowest BCUT2D eigenvalue weighted by atomic mass is 10.4. The Morgan fingerprint density at radius 1 is 1.75 bits per heavy atom. The van der Waals surface area contributed by atoms with Crippen LogP contribution >= 0.6 is 0 Å². The Bertz CT molecular complexity index is 74.6. The van der Waals surface area contributed by atoms with E-state index in [0.717, 1.165) is 19.6 Å². The largest absolute Gasteiger partial charge is 0.223 e. The van der Waals surface area contributed by atoms with Crippen molar-refractivity contribution in [2.45, 2.75) is 6.42 Å². The van der Waals surface area contributed by atoms with Gasteiger partial charge in [0, 0.05) is 19.6 Å². The van der Waals surface area contributed by atoms with Gasteiger partial charge in [0.15, 0.2) is 0 Å². The standard InChI is InChI=1S/C6H11N2/c1-2-5-8-6-3-4-7-8/h2H,1,3-6H2. The summed E-state index contributed by atoms with van der Waals surface area (Å²) in [5, 5.41) is 2.05. The number of hydrogen-bond donors (Lipinski definition) is 0. The van der Waals surface area contributed by atoms with E-state index < -0.39 is 0 Å². The molecule has 1 rings (SSSR count). The first kappa shape index (κ1) is 5.79. The Labute approximate surface area is 50.1 Å². The minimum Gasteiger partial charge on any atom is -0.223 e. The predicted molar refractivity (Wildman–Crippen MR) is 33.4 cm³/mol. The van der Waals surface area contributed by atoms with E-state index in [1.807, 2.05) is 11.1 Å². The fraction of sp³-hybridized carbons (Fsp3) is 0.667. The van der Waals surface area contributed by atoms with Crippen molar-refractivity contribution in [3.63, 3.8) is 0 Å². The highest BCUT2D eigenvalue weighted by Gasteiger charge is 2.08. The molecule has 0 aromatic carbocycles. The van der Waals surface area contributed by atoms with Crippen molar-refractivity contribution in [2.75, 3.05) is 19.6 Å². The van der Waals surface area contributed by atoms with E-state index in [1.54, 1.807) is 0 Å². The highest BCUT2D eigenvalue weighted by molar-refractivity contribution is 4.73. The van der Waals surface area contributed by atoms with Crippen LogP contribution in [0.5, 0.6) is 0 Å². The van der Waals surface area contributed by atoms with Crippen LogP contribution in [0.1, 0.15) is 6.42 Å². The molecule has 2 nitrogen and oxygen atoms in total. The van der Waals surface area contributed by atoms with Gasteiger partial charge in [0.2, 0.25) is 0 Å². The maximum Gasteiger partial charge on any atom is 0.0325 e. The SMILES string of the molecule is C=CCN1CCC[N]1. The maximum absolute atomic E-state index is 4.19. The molecule has 8 heavy (non-hydrogen) atoms. The fourth-order valence-electron chi connectivity index (χ4n) is 0.834. The summed E-state index contributed by atoms with van der Waals surface area (Å²) in [5.74, 6) is 0. The third-order valence-electron chi connectivity index (χ3n) is 1.21. The molecule has 1 heterocycles. The minimum atomic E-state index is 0.917. The van der Waals surface area contributed by atoms with E-state index in [4.69, 9.17) is 0 Å². The molecule has 0 aromatic heterocycles. The molecular formula is C6H11N2. The summed E-state index contributed by atoms with van der Waals surface area (Å²) >= 11 is 0. The molecule has 1 aliphatic heterocycles. The first-order valence-electron chi connectivity index (χ1n) is 2.97. The second-order valence-corrected chi connectivity index (χ2v) is 1.92. The summed E-state index contributed by atoms with van der Waals surface area (Å²) in [4.78, 5) is 0. The fourth-order valence-corrected chi connectivity index (χ4v) is 0.834. The Morgan fingerprint density at radius 2 is 2.62 bits per heavy atom. The van der Waals surface area contributed by atoms with Crippen molar-refractivity contribution >= 4 is 0 Å². The highest BCUT2D eigenvalue weighted by Crippen LogP contribution is 1.96. The van der Waals surface area contributed by atoms with Crippen LogP contribution in [0.15, 0.2) is 12.7 Å². The van der Waals surface area contributed by atoms with Crippen LogP contribution in [-0.2, 0) is 0 Å². The molecule has 0 N–H and O–H groups in total. The zero-order chi connectivity index (χ0) is 5.82. The number of hydrogen-bond acceptors (Lipinski definition) is 1. The Morgan fingerprint density at radius 3 is 3.12 bits per heavy atom. The highest BCUT2D eigenvalue weighted by atomic mass is 15.5. The first-order chi connectivity index (χ1) is 3.93. The van der Waals surface area contributed by atoms with Crippen molar-refractivity contribution in [1.82, 2.24) is 10.4 Å². The van der Waals surface area contributed by atoms with Crippen molar-refractivity contribution in [3.8, 4) is 0 Å². The molecular weight excluding hydrogens is 100 g/mol. The van der Waals surface area contributed by atoms with Gasteiger partial charge in [-0.3, -0.25) is 0 Å². The summed E-state index contributed by atoms with van der Waals surface area (Å²) < 4.78 is 0. The molecule has 0 unspecified atom stereocenters. The molecule has 45 valence electrons. The van der Waals surface area contributed by atoms with Gasteiger partial charge in [-0.05, 0) is 6.42 Å². The van der Waals surface area contributed by atoms with Gasteiger partial charge >= 0.3 is 0 Å². The second-order valence-electron chi connectivity index (χ2n) is 1.92. The van der Waals surface area contributed by atoms with Gasteiger partial charge in [0.05, 0.1) is 0 Å². The van der Waals surface area contributed by atoms with Gasteiger partial charge in [-0.1, -0.05) is 6.08 Å². The van der Waals surface area contributed by atoms with Crippen molar-refractivity contribution < 1.29 is 0 Å². The Balaban J connectivity index is 2.14. The van der Waals surface area contributed by atoms with E-state index in [2.05, 4.69) is 12.0 Å². The topological polar surface area (TPSA) is 17.3 Å². The lowest BCUT2D eigenvalue weighted by Gasteiger charge is -2.07. The summed E-state index contributed by atoms with van der Waals surface area (Å²) in [6.07, 6.45) is 3.10. The third kappa shape index (κ3) is 1.32. The molecule has 0 spiro atoms. The summed E-state index contributed by atoms with van der Waals surface area (Å²) in [5.41, 5.74) is 4.19. The molecule has 1 fully saturated rings. The van der Waals surface area contributed by atoms with E-state index in [9.17, 15) is 0 Å². The molecule has 0 saturated carbocycles. The monoisotopic (exact) mass is 111 g/mol. The first-order valence-corrected chi connectivity index (χ1v) is 2.97. The van der Waals surface area contributed by atoms with Crippen LogP contribution in [0, 0.1) is 0 Å². The van der Waals surface area contributed by atoms with E-state index in [-0.39, 0.29) is 0 Å². The van der Waals surface area contributed by atoms with Gasteiger partial charge in [-0.15, -0.1) is 6.58 Å². The van der Waals surface area contributed by atoms with E-state index in [0.29, 0.717) is 0 Å². The molecule has 0 bridgehead atoms. The van der Waals surface area contributed by atoms with Crippen molar-refractivity contribution in [2.24, 2.45) is 0 Å². The quantitative estimate of drug-likeness (QED) is 0.471. The number of nitrogens with zero attached hydrogens (tertiary/aromatic N) is 2. The molecule has 1 saturated heterocycles. The normalized spacial score (nSPS) is 21.5. The van der Waals surface area contributed by atoms with Gasteiger partial charge in [-0.25, -0.2) is 5.01 Å². The van der Waals surface area contributed by atoms with Crippen LogP contribution < -0.4 is 5.43 Å². The number of rotatable bonds is 2. The maximum atomic E-state index is 4.19. The van der Waals surface area contributed by atoms with Gasteiger partial charge in [-0.2, -0.15) is 5.43 Å². The van der Waals surface area contributed by atoms with Gasteiger partial charge in [0.25, 0.3) is 0 Å². The molecule has 0 amide bonds. The predicted octanol–water partition coefficient (Wildman–Crippen LogP) is 0.397. The molecule has 2 heteroatoms. The lowest BCUT2D eigenvalue weighted by molar-refractivity contribution is 0.274. The molecule has 1 aliphatic rings. The average molecular weight is 111 g/mol. The van der Waals surface area contributed by atoms with Crippen molar-refractivity contribution in [3.05, 3.63) is 12.7 Å². The molecule has 0 atom stereocenters. The molecule has 1 radical (unpaired) electrons. The minimum absolute atomic E-state index is 0.917. The second kappa shape index (κ2) is 2.84. The Hall–Kier alpha value is -0.340. The van der Waals surface area contributed by atoms with E-state index in [1.165, 1.54) is 6.42 Å². The van der Waals surface area contributed by atoms with Crippen LogP contribution in [0.3, 0.4) is 0 Å². The van der Waals surface area contributed by atoms with E-state index >= 15 is 0 Å². The van der Waals surface area contributed by atoms with Crippen molar-refractivity contribution in [1.29, 1.82) is 0 Å². The average Bonchev–Trinajstić information content (AvgIpc) is 2.19. The summed E-state index contributed by atoms with van der Waals surface area (Å²) in [6.45, 7) is 6.66. The zero-order valence-electron chi connectivity index (χ0n) is 5.01.